The van der Waals surface area contributed by atoms with Crippen molar-refractivity contribution in [2.45, 2.75) is 32.4 Å². The van der Waals surface area contributed by atoms with Crippen LogP contribution in [0.4, 0.5) is 0 Å². The lowest BCUT2D eigenvalue weighted by Crippen LogP contribution is -2.31. The summed E-state index contributed by atoms with van der Waals surface area (Å²) < 4.78 is 1.93. The Morgan fingerprint density at radius 1 is 1.19 bits per heavy atom. The number of rotatable bonds is 7. The maximum absolute atomic E-state index is 4.46. The quantitative estimate of drug-likeness (QED) is 0.849. The predicted molar refractivity (Wildman–Crippen MR) is 87.7 cm³/mol. The molecule has 1 N–H and O–H groups in total. The summed E-state index contributed by atoms with van der Waals surface area (Å²) in [5.41, 5.74) is 2.31. The molecule has 1 aromatic heterocycles. The molecule has 0 aliphatic heterocycles. The molecule has 0 amide bonds. The van der Waals surface area contributed by atoms with Gasteiger partial charge in [0.2, 0.25) is 0 Å². The van der Waals surface area contributed by atoms with Gasteiger partial charge in [-0.1, -0.05) is 18.2 Å². The number of para-hydroxylation sites is 1. The zero-order chi connectivity index (χ0) is 15.2. The fraction of sp³-hybridized carbons (Fsp3) is 0.471. The van der Waals surface area contributed by atoms with Gasteiger partial charge in [-0.05, 0) is 53.0 Å². The van der Waals surface area contributed by atoms with E-state index in [1.54, 1.807) is 0 Å². The summed E-state index contributed by atoms with van der Waals surface area (Å²) in [6, 6.07) is 11.0. The lowest BCUT2D eigenvalue weighted by atomic mass is 10.1. The van der Waals surface area contributed by atoms with Gasteiger partial charge in [0.15, 0.2) is 0 Å². The average molecular weight is 286 g/mol. The molecule has 4 heteroatoms. The highest BCUT2D eigenvalue weighted by atomic mass is 15.3. The van der Waals surface area contributed by atoms with Crippen LogP contribution in [0.5, 0.6) is 0 Å². The number of nitrogens with zero attached hydrogens (tertiary/aromatic N) is 3. The van der Waals surface area contributed by atoms with Crippen LogP contribution in [0, 0.1) is 0 Å². The molecule has 0 radical (unpaired) electrons. The Kier molecular flexibility index (Phi) is 5.53. The molecule has 0 bridgehead atoms. The highest BCUT2D eigenvalue weighted by Gasteiger charge is 2.12. The second-order valence-corrected chi connectivity index (χ2v) is 5.94. The van der Waals surface area contributed by atoms with Gasteiger partial charge >= 0.3 is 0 Å². The Bertz CT molecular complexity index is 533. The smallest absolute Gasteiger partial charge is 0.0645 e. The number of benzene rings is 1. The Balaban J connectivity index is 1.94. The van der Waals surface area contributed by atoms with E-state index < -0.39 is 0 Å². The fourth-order valence-corrected chi connectivity index (χ4v) is 2.34. The maximum atomic E-state index is 4.46. The average Bonchev–Trinajstić information content (AvgIpc) is 2.96. The molecule has 21 heavy (non-hydrogen) atoms. The normalized spacial score (nSPS) is 14.3. The third-order valence-corrected chi connectivity index (χ3v) is 3.67. The molecule has 2 aromatic rings. The SMILES string of the molecule is CC(CCN(C)C)NC(C)c1cnn(-c2ccccc2)c1. The molecule has 2 atom stereocenters. The van der Waals surface area contributed by atoms with Crippen molar-refractivity contribution >= 4 is 0 Å². The Morgan fingerprint density at radius 3 is 2.57 bits per heavy atom. The molecule has 2 unspecified atom stereocenters. The van der Waals surface area contributed by atoms with Crippen molar-refractivity contribution in [2.24, 2.45) is 0 Å². The zero-order valence-corrected chi connectivity index (χ0v) is 13.5. The predicted octanol–water partition coefficient (Wildman–Crippen LogP) is 2.86. The van der Waals surface area contributed by atoms with Crippen LogP contribution < -0.4 is 5.32 Å². The van der Waals surface area contributed by atoms with Gasteiger partial charge in [-0.15, -0.1) is 0 Å². The molecule has 0 aliphatic carbocycles. The maximum Gasteiger partial charge on any atom is 0.0645 e. The van der Waals surface area contributed by atoms with E-state index in [1.165, 1.54) is 5.56 Å². The van der Waals surface area contributed by atoms with E-state index in [0.29, 0.717) is 12.1 Å². The number of hydrogen-bond acceptors (Lipinski definition) is 3. The lowest BCUT2D eigenvalue weighted by Gasteiger charge is -2.20. The summed E-state index contributed by atoms with van der Waals surface area (Å²) in [4.78, 5) is 2.22. The van der Waals surface area contributed by atoms with Crippen molar-refractivity contribution in [3.63, 3.8) is 0 Å². The molecule has 1 aromatic carbocycles. The lowest BCUT2D eigenvalue weighted by molar-refractivity contribution is 0.354. The zero-order valence-electron chi connectivity index (χ0n) is 13.5. The summed E-state index contributed by atoms with van der Waals surface area (Å²) in [5.74, 6) is 0. The first-order chi connectivity index (χ1) is 10.1. The van der Waals surface area contributed by atoms with Gasteiger partial charge in [-0.2, -0.15) is 5.10 Å². The minimum Gasteiger partial charge on any atom is -0.309 e. The third-order valence-electron chi connectivity index (χ3n) is 3.67. The van der Waals surface area contributed by atoms with Gasteiger partial charge in [0.25, 0.3) is 0 Å². The van der Waals surface area contributed by atoms with E-state index in [2.05, 4.69) is 61.6 Å². The van der Waals surface area contributed by atoms with Crippen LogP contribution >= 0.6 is 0 Å². The first-order valence-corrected chi connectivity index (χ1v) is 7.57. The van der Waals surface area contributed by atoms with Crippen LogP contribution in [0.1, 0.15) is 31.9 Å². The van der Waals surface area contributed by atoms with Gasteiger partial charge in [-0.25, -0.2) is 4.68 Å². The number of aromatic nitrogens is 2. The van der Waals surface area contributed by atoms with Crippen LogP contribution in [0.15, 0.2) is 42.7 Å². The number of hydrogen-bond donors (Lipinski definition) is 1. The summed E-state index contributed by atoms with van der Waals surface area (Å²) >= 11 is 0. The van der Waals surface area contributed by atoms with Crippen LogP contribution in [0.2, 0.25) is 0 Å². The molecule has 4 nitrogen and oxygen atoms in total. The van der Waals surface area contributed by atoms with Gasteiger partial charge in [-0.3, -0.25) is 0 Å². The molecule has 114 valence electrons. The van der Waals surface area contributed by atoms with Gasteiger partial charge in [0.1, 0.15) is 0 Å². The Labute approximate surface area is 127 Å². The highest BCUT2D eigenvalue weighted by molar-refractivity contribution is 5.31. The standard InChI is InChI=1S/C17H26N4/c1-14(10-11-20(3)4)19-15(2)16-12-18-21(13-16)17-8-6-5-7-9-17/h5-9,12-15,19H,10-11H2,1-4H3. The monoisotopic (exact) mass is 286 g/mol. The van der Waals surface area contributed by atoms with Gasteiger partial charge < -0.3 is 10.2 Å². The largest absolute Gasteiger partial charge is 0.309 e. The molecule has 0 fully saturated rings. The summed E-state index contributed by atoms with van der Waals surface area (Å²) in [6.45, 7) is 5.53. The van der Waals surface area contributed by atoms with Crippen molar-refractivity contribution in [2.75, 3.05) is 20.6 Å². The second kappa shape index (κ2) is 7.38. The first-order valence-electron chi connectivity index (χ1n) is 7.57. The van der Waals surface area contributed by atoms with Crippen LogP contribution in [-0.2, 0) is 0 Å². The van der Waals surface area contributed by atoms with Crippen molar-refractivity contribution < 1.29 is 0 Å². The van der Waals surface area contributed by atoms with E-state index in [9.17, 15) is 0 Å². The Morgan fingerprint density at radius 2 is 1.90 bits per heavy atom. The summed E-state index contributed by atoms with van der Waals surface area (Å²) in [5, 5.41) is 8.09. The summed E-state index contributed by atoms with van der Waals surface area (Å²) in [7, 11) is 4.22. The molecule has 0 aliphatic rings. The van der Waals surface area contributed by atoms with E-state index in [0.717, 1.165) is 18.7 Å². The molecular formula is C17H26N4. The molecule has 2 rings (SSSR count). The van der Waals surface area contributed by atoms with Crippen LogP contribution in [-0.4, -0.2) is 41.4 Å². The third kappa shape index (κ3) is 4.69. The van der Waals surface area contributed by atoms with Crippen molar-refractivity contribution in [3.8, 4) is 5.69 Å². The Hall–Kier alpha value is -1.65. The minimum absolute atomic E-state index is 0.305. The van der Waals surface area contributed by atoms with Crippen LogP contribution in [0.3, 0.4) is 0 Å². The summed E-state index contributed by atoms with van der Waals surface area (Å²) in [6.07, 6.45) is 5.19. The molecule has 1 heterocycles. The van der Waals surface area contributed by atoms with Crippen molar-refractivity contribution in [3.05, 3.63) is 48.3 Å². The van der Waals surface area contributed by atoms with E-state index in [4.69, 9.17) is 0 Å². The molecule has 0 saturated carbocycles. The molecule has 0 saturated heterocycles. The highest BCUT2D eigenvalue weighted by Crippen LogP contribution is 2.15. The number of nitrogens with one attached hydrogen (secondary N) is 1. The van der Waals surface area contributed by atoms with E-state index >= 15 is 0 Å². The minimum atomic E-state index is 0.305. The topological polar surface area (TPSA) is 33.1 Å². The van der Waals surface area contributed by atoms with Gasteiger partial charge in [0.05, 0.1) is 11.9 Å². The molecule has 0 spiro atoms. The molecular weight excluding hydrogens is 260 g/mol. The van der Waals surface area contributed by atoms with Gasteiger partial charge in [0, 0.05) is 23.8 Å². The van der Waals surface area contributed by atoms with Crippen molar-refractivity contribution in [1.29, 1.82) is 0 Å². The fourth-order valence-electron chi connectivity index (χ4n) is 2.34. The van der Waals surface area contributed by atoms with E-state index in [-0.39, 0.29) is 0 Å². The van der Waals surface area contributed by atoms with E-state index in [1.807, 2.05) is 29.1 Å². The second-order valence-electron chi connectivity index (χ2n) is 5.94. The first kappa shape index (κ1) is 15.7. The van der Waals surface area contributed by atoms with Crippen LogP contribution in [0.25, 0.3) is 5.69 Å². The van der Waals surface area contributed by atoms with Crippen molar-refractivity contribution in [1.82, 2.24) is 20.0 Å².